The number of nitriles is 1. The minimum atomic E-state index is -0.559. The number of nitrogens with zero attached hydrogens (tertiary/aromatic N) is 2. The van der Waals surface area contributed by atoms with Crippen molar-refractivity contribution in [2.45, 2.75) is 13.0 Å². The van der Waals surface area contributed by atoms with E-state index in [-0.39, 0.29) is 0 Å². The molecule has 1 atom stereocenters. The summed E-state index contributed by atoms with van der Waals surface area (Å²) in [6, 6.07) is 12.2. The van der Waals surface area contributed by atoms with Crippen molar-refractivity contribution in [2.24, 2.45) is 0 Å². The van der Waals surface area contributed by atoms with Gasteiger partial charge in [0, 0.05) is 12.3 Å². The molecule has 0 spiro atoms. The largest absolute Gasteiger partial charge is 0.439 e. The lowest BCUT2D eigenvalue weighted by Gasteiger charge is -2.08. The monoisotopic (exact) mass is 240 g/mol. The van der Waals surface area contributed by atoms with Gasteiger partial charge in [-0.3, -0.25) is 0 Å². The van der Waals surface area contributed by atoms with Crippen LogP contribution in [0.25, 0.3) is 0 Å². The lowest BCUT2D eigenvalue weighted by atomic mass is 10.2. The molecule has 0 amide bonds. The summed E-state index contributed by atoms with van der Waals surface area (Å²) in [5.74, 6) is 1.02. The highest BCUT2D eigenvalue weighted by atomic mass is 16.5. The maximum Gasteiger partial charge on any atom is 0.219 e. The topological polar surface area (TPSA) is 66.1 Å². The van der Waals surface area contributed by atoms with E-state index in [9.17, 15) is 5.11 Å². The van der Waals surface area contributed by atoms with Gasteiger partial charge in [-0.15, -0.1) is 0 Å². The van der Waals surface area contributed by atoms with Gasteiger partial charge in [0.1, 0.15) is 5.75 Å². The van der Waals surface area contributed by atoms with Crippen molar-refractivity contribution in [1.82, 2.24) is 4.98 Å². The lowest BCUT2D eigenvalue weighted by molar-refractivity contribution is 0.198. The van der Waals surface area contributed by atoms with Crippen LogP contribution in [0.1, 0.15) is 24.2 Å². The van der Waals surface area contributed by atoms with Crippen molar-refractivity contribution >= 4 is 0 Å². The molecule has 4 heteroatoms. The molecule has 4 nitrogen and oxygen atoms in total. The summed E-state index contributed by atoms with van der Waals surface area (Å²) >= 11 is 0. The Labute approximate surface area is 105 Å². The molecular weight excluding hydrogens is 228 g/mol. The molecule has 2 rings (SSSR count). The van der Waals surface area contributed by atoms with E-state index in [1.807, 2.05) is 6.07 Å². The molecule has 2 aromatic rings. The smallest absolute Gasteiger partial charge is 0.219 e. The fourth-order valence-corrected chi connectivity index (χ4v) is 1.46. The van der Waals surface area contributed by atoms with E-state index in [1.165, 1.54) is 0 Å². The molecule has 0 radical (unpaired) electrons. The SMILES string of the molecule is CC(O)c1ccnc(Oc2ccc(C#N)cc2)c1. The number of aliphatic hydroxyl groups is 1. The number of aromatic nitrogens is 1. The van der Waals surface area contributed by atoms with Crippen LogP contribution < -0.4 is 4.74 Å². The first-order chi connectivity index (χ1) is 8.69. The predicted molar refractivity (Wildman–Crippen MR) is 66.1 cm³/mol. The molecule has 0 aliphatic rings. The summed E-state index contributed by atoms with van der Waals surface area (Å²) < 4.78 is 5.54. The third kappa shape index (κ3) is 2.84. The Bertz CT molecular complexity index is 571. The van der Waals surface area contributed by atoms with Crippen LogP contribution in [0, 0.1) is 11.3 Å². The highest BCUT2D eigenvalue weighted by Crippen LogP contribution is 2.22. The van der Waals surface area contributed by atoms with E-state index in [2.05, 4.69) is 4.98 Å². The third-order valence-electron chi connectivity index (χ3n) is 2.45. The fourth-order valence-electron chi connectivity index (χ4n) is 1.46. The number of ether oxygens (including phenoxy) is 1. The normalized spacial score (nSPS) is 11.6. The van der Waals surface area contributed by atoms with Gasteiger partial charge in [-0.1, -0.05) is 0 Å². The zero-order chi connectivity index (χ0) is 13.0. The van der Waals surface area contributed by atoms with E-state index < -0.39 is 6.10 Å². The molecule has 1 aromatic carbocycles. The fraction of sp³-hybridized carbons (Fsp3) is 0.143. The Morgan fingerprint density at radius 2 is 2.00 bits per heavy atom. The van der Waals surface area contributed by atoms with E-state index in [0.29, 0.717) is 17.2 Å². The van der Waals surface area contributed by atoms with Crippen molar-refractivity contribution in [3.05, 3.63) is 53.7 Å². The van der Waals surface area contributed by atoms with Gasteiger partial charge in [-0.05, 0) is 42.8 Å². The standard InChI is InChI=1S/C14H12N2O2/c1-10(17)12-6-7-16-14(8-12)18-13-4-2-11(9-15)3-5-13/h2-8,10,17H,1H3. The van der Waals surface area contributed by atoms with Gasteiger partial charge >= 0.3 is 0 Å². The molecule has 0 bridgehead atoms. The molecule has 0 fully saturated rings. The Kier molecular flexibility index (Phi) is 3.56. The number of rotatable bonds is 3. The summed E-state index contributed by atoms with van der Waals surface area (Å²) in [5, 5.41) is 18.1. The highest BCUT2D eigenvalue weighted by molar-refractivity contribution is 5.36. The number of pyridine rings is 1. The predicted octanol–water partition coefficient (Wildman–Crippen LogP) is 2.80. The van der Waals surface area contributed by atoms with Crippen molar-refractivity contribution in [3.8, 4) is 17.7 Å². The molecule has 1 heterocycles. The molecule has 1 unspecified atom stereocenters. The molecular formula is C14H12N2O2. The molecule has 18 heavy (non-hydrogen) atoms. The van der Waals surface area contributed by atoms with E-state index >= 15 is 0 Å². The van der Waals surface area contributed by atoms with Crippen molar-refractivity contribution < 1.29 is 9.84 Å². The molecule has 0 saturated carbocycles. The van der Waals surface area contributed by atoms with E-state index in [1.54, 1.807) is 49.5 Å². The molecule has 0 saturated heterocycles. The number of benzene rings is 1. The average molecular weight is 240 g/mol. The van der Waals surface area contributed by atoms with Gasteiger partial charge < -0.3 is 9.84 Å². The lowest BCUT2D eigenvalue weighted by Crippen LogP contribution is -1.94. The van der Waals surface area contributed by atoms with Gasteiger partial charge in [0.05, 0.1) is 17.7 Å². The zero-order valence-corrected chi connectivity index (χ0v) is 9.87. The van der Waals surface area contributed by atoms with Gasteiger partial charge in [-0.2, -0.15) is 5.26 Å². The van der Waals surface area contributed by atoms with Crippen LogP contribution in [0.2, 0.25) is 0 Å². The summed E-state index contributed by atoms with van der Waals surface area (Å²) in [6.45, 7) is 1.68. The molecule has 90 valence electrons. The van der Waals surface area contributed by atoms with E-state index in [0.717, 1.165) is 5.56 Å². The van der Waals surface area contributed by atoms with Crippen LogP contribution in [0.5, 0.6) is 11.6 Å². The summed E-state index contributed by atoms with van der Waals surface area (Å²) in [5.41, 5.74) is 1.32. The third-order valence-corrected chi connectivity index (χ3v) is 2.45. The Balaban J connectivity index is 2.18. The van der Waals surface area contributed by atoms with Crippen molar-refractivity contribution in [1.29, 1.82) is 5.26 Å². The quantitative estimate of drug-likeness (QED) is 0.895. The van der Waals surface area contributed by atoms with Crippen LogP contribution >= 0.6 is 0 Å². The van der Waals surface area contributed by atoms with Gasteiger partial charge in [0.15, 0.2) is 0 Å². The summed E-state index contributed by atoms with van der Waals surface area (Å²) in [6.07, 6.45) is 1.03. The van der Waals surface area contributed by atoms with Crippen molar-refractivity contribution in [2.75, 3.05) is 0 Å². The van der Waals surface area contributed by atoms with Gasteiger partial charge in [0.2, 0.25) is 5.88 Å². The summed E-state index contributed by atoms with van der Waals surface area (Å²) in [4.78, 5) is 4.06. The molecule has 0 aliphatic carbocycles. The first kappa shape index (κ1) is 12.1. The summed E-state index contributed by atoms with van der Waals surface area (Å²) in [7, 11) is 0. The van der Waals surface area contributed by atoms with E-state index in [4.69, 9.17) is 10.00 Å². The second-order valence-corrected chi connectivity index (χ2v) is 3.84. The molecule has 0 aliphatic heterocycles. The first-order valence-electron chi connectivity index (χ1n) is 5.51. The molecule has 1 aromatic heterocycles. The van der Waals surface area contributed by atoms with Crippen LogP contribution in [0.15, 0.2) is 42.6 Å². The first-order valence-corrected chi connectivity index (χ1v) is 5.51. The van der Waals surface area contributed by atoms with Crippen LogP contribution in [-0.2, 0) is 0 Å². The number of aliphatic hydroxyl groups excluding tert-OH is 1. The molecule has 1 N–H and O–H groups in total. The second kappa shape index (κ2) is 5.30. The Morgan fingerprint density at radius 3 is 2.61 bits per heavy atom. The maximum atomic E-state index is 9.46. The Morgan fingerprint density at radius 1 is 1.28 bits per heavy atom. The average Bonchev–Trinajstić information content (AvgIpc) is 2.40. The minimum Gasteiger partial charge on any atom is -0.439 e. The number of hydrogen-bond acceptors (Lipinski definition) is 4. The second-order valence-electron chi connectivity index (χ2n) is 3.84. The van der Waals surface area contributed by atoms with Crippen LogP contribution in [-0.4, -0.2) is 10.1 Å². The van der Waals surface area contributed by atoms with Gasteiger partial charge in [-0.25, -0.2) is 4.98 Å². The highest BCUT2D eigenvalue weighted by Gasteiger charge is 2.04. The minimum absolute atomic E-state index is 0.415. The Hall–Kier alpha value is -2.38. The van der Waals surface area contributed by atoms with Crippen LogP contribution in [0.3, 0.4) is 0 Å². The van der Waals surface area contributed by atoms with Crippen molar-refractivity contribution in [3.63, 3.8) is 0 Å². The number of hydrogen-bond donors (Lipinski definition) is 1. The van der Waals surface area contributed by atoms with Crippen LogP contribution in [0.4, 0.5) is 0 Å². The maximum absolute atomic E-state index is 9.46. The van der Waals surface area contributed by atoms with Gasteiger partial charge in [0.25, 0.3) is 0 Å². The zero-order valence-electron chi connectivity index (χ0n) is 9.87.